The summed E-state index contributed by atoms with van der Waals surface area (Å²) in [5.41, 5.74) is 4.62. The highest BCUT2D eigenvalue weighted by atomic mass is 32.2. The molecule has 9 nitrogen and oxygen atoms in total. The molecule has 4 heterocycles. The van der Waals surface area contributed by atoms with Gasteiger partial charge in [-0.2, -0.15) is 8.18 Å². The number of imidazole rings is 1. The topological polar surface area (TPSA) is 103 Å². The summed E-state index contributed by atoms with van der Waals surface area (Å²) in [7, 11) is -3.59. The summed E-state index contributed by atoms with van der Waals surface area (Å²) >= 11 is 0. The number of hydrogen-bond donors (Lipinski definition) is 0. The summed E-state index contributed by atoms with van der Waals surface area (Å²) in [4.78, 5) is 24.1. The van der Waals surface area contributed by atoms with Gasteiger partial charge >= 0.3 is 16.1 Å². The number of benzene rings is 2. The van der Waals surface area contributed by atoms with Crippen LogP contribution in [0.3, 0.4) is 0 Å². The van der Waals surface area contributed by atoms with Crippen molar-refractivity contribution < 1.29 is 17.9 Å². The zero-order valence-electron chi connectivity index (χ0n) is 21.8. The number of likely N-dealkylation sites (tertiary alicyclic amines) is 1. The molecule has 6 rings (SSSR count). The molecule has 0 bridgehead atoms. The average Bonchev–Trinajstić information content (AvgIpc) is 3.68. The monoisotopic (exact) mass is 544 g/mol. The van der Waals surface area contributed by atoms with Crippen molar-refractivity contribution in [1.82, 2.24) is 23.2 Å². The summed E-state index contributed by atoms with van der Waals surface area (Å²) in [6.45, 7) is 5.38. The standard InChI is InChI=1S/C29H29N5O4S/c1-3-22-17-32(29(35)38-19-21-7-5-4-6-8-21)18-24(22)26-15-30-27-16-31-28-25(34(26)27)13-14-33(28)39(36,37)23-11-9-20(2)10-12-23/h4-16,22,24H,3,17-19H2,1-2H3/p+1/t22-,24+/m1/s1. The smallest absolute Gasteiger partial charge is 0.410 e. The summed E-state index contributed by atoms with van der Waals surface area (Å²) in [6, 6.07) is 18.4. The highest BCUT2D eigenvalue weighted by Crippen LogP contribution is 2.36. The molecule has 1 aliphatic heterocycles. The summed E-state index contributed by atoms with van der Waals surface area (Å²) in [6.07, 6.45) is 5.60. The van der Waals surface area contributed by atoms with Crippen LogP contribution in [0.4, 0.5) is 4.79 Å². The van der Waals surface area contributed by atoms with E-state index in [0.717, 1.165) is 23.2 Å². The third-order valence-corrected chi connectivity index (χ3v) is 9.28. The fraction of sp³-hybridized carbons (Fsp3) is 0.276. The van der Waals surface area contributed by atoms with Gasteiger partial charge in [-0.25, -0.2) is 19.0 Å². The second-order valence-electron chi connectivity index (χ2n) is 10.0. The molecule has 3 aromatic heterocycles. The first-order chi connectivity index (χ1) is 18.9. The van der Waals surface area contributed by atoms with Crippen LogP contribution >= 0.6 is 0 Å². The van der Waals surface area contributed by atoms with Crippen molar-refractivity contribution in [2.75, 3.05) is 13.1 Å². The van der Waals surface area contributed by atoms with Gasteiger partial charge in [0.1, 0.15) is 11.5 Å². The first kappa shape index (κ1) is 25.1. The molecule has 0 saturated carbocycles. The molecule has 0 radical (unpaired) electrons. The molecule has 39 heavy (non-hydrogen) atoms. The van der Waals surface area contributed by atoms with Crippen LogP contribution in [-0.2, 0) is 21.4 Å². The highest BCUT2D eigenvalue weighted by molar-refractivity contribution is 7.90. The SMILES string of the molecule is CC[C@@H]1CN(C(=O)OCc2ccccc2)C[C@@H]1c1cnc2cnc3c(ccn3S(=O)(=[OH+])c3ccc(C)cc3)n12. The Kier molecular flexibility index (Phi) is 6.34. The van der Waals surface area contributed by atoms with Crippen LogP contribution in [0, 0.1) is 12.8 Å². The number of aryl methyl sites for hydroxylation is 1. The van der Waals surface area contributed by atoms with E-state index in [1.807, 2.05) is 60.0 Å². The predicted molar refractivity (Wildman–Crippen MR) is 148 cm³/mol. The Bertz CT molecular complexity index is 1760. The lowest BCUT2D eigenvalue weighted by molar-refractivity contribution is 0.103. The predicted octanol–water partition coefficient (Wildman–Crippen LogP) is 5.15. The van der Waals surface area contributed by atoms with Gasteiger partial charge < -0.3 is 9.64 Å². The minimum atomic E-state index is -3.59. The van der Waals surface area contributed by atoms with Crippen LogP contribution < -0.4 is 0 Å². The molecule has 5 aromatic rings. The van der Waals surface area contributed by atoms with Gasteiger partial charge in [0.15, 0.2) is 11.3 Å². The Balaban J connectivity index is 1.33. The highest BCUT2D eigenvalue weighted by Gasteiger charge is 2.38. The summed E-state index contributed by atoms with van der Waals surface area (Å²) < 4.78 is 33.6. The van der Waals surface area contributed by atoms with E-state index < -0.39 is 10.0 Å². The summed E-state index contributed by atoms with van der Waals surface area (Å²) in [5, 5.41) is 0. The molecule has 10 heteroatoms. The molecular weight excluding hydrogens is 514 g/mol. The molecule has 1 aliphatic rings. The van der Waals surface area contributed by atoms with E-state index in [9.17, 15) is 13.2 Å². The molecule has 1 saturated heterocycles. The minimum Gasteiger partial charge on any atom is -0.445 e. The summed E-state index contributed by atoms with van der Waals surface area (Å²) in [5.74, 6) is 0.243. The Morgan fingerprint density at radius 1 is 1.05 bits per heavy atom. The first-order valence-corrected chi connectivity index (χ1v) is 14.5. The lowest BCUT2D eigenvalue weighted by Gasteiger charge is -2.17. The number of carbonyl (C=O) groups excluding carboxylic acids is 1. The molecule has 1 N–H and O–H groups in total. The van der Waals surface area contributed by atoms with Gasteiger partial charge in [0.25, 0.3) is 0 Å². The molecule has 1 unspecified atom stereocenters. The van der Waals surface area contributed by atoms with Crippen molar-refractivity contribution in [3.05, 3.63) is 96.1 Å². The van der Waals surface area contributed by atoms with Crippen LogP contribution in [0.25, 0.3) is 16.8 Å². The van der Waals surface area contributed by atoms with E-state index >= 15 is 0 Å². The number of amides is 1. The largest absolute Gasteiger partial charge is 0.445 e. The second kappa shape index (κ2) is 9.85. The molecule has 2 aromatic carbocycles. The van der Waals surface area contributed by atoms with E-state index in [0.29, 0.717) is 34.8 Å². The Hall–Kier alpha value is -4.18. The van der Waals surface area contributed by atoms with Crippen molar-refractivity contribution in [3.8, 4) is 0 Å². The molecule has 1 amide bonds. The maximum Gasteiger partial charge on any atom is 0.410 e. The van der Waals surface area contributed by atoms with Crippen LogP contribution in [0.5, 0.6) is 0 Å². The van der Waals surface area contributed by atoms with Gasteiger partial charge in [-0.1, -0.05) is 61.4 Å². The van der Waals surface area contributed by atoms with Crippen LogP contribution in [0.15, 0.2) is 84.1 Å². The number of carbonyl (C=O) groups is 1. The lowest BCUT2D eigenvalue weighted by atomic mass is 9.91. The average molecular weight is 545 g/mol. The molecule has 200 valence electrons. The van der Waals surface area contributed by atoms with E-state index in [4.69, 9.17) is 4.74 Å². The van der Waals surface area contributed by atoms with Crippen LogP contribution in [-0.4, -0.2) is 50.8 Å². The van der Waals surface area contributed by atoms with Crippen molar-refractivity contribution >= 4 is 32.9 Å². The third kappa shape index (κ3) is 4.44. The number of rotatable bonds is 6. The van der Waals surface area contributed by atoms with E-state index in [1.54, 1.807) is 35.5 Å². The van der Waals surface area contributed by atoms with Crippen molar-refractivity contribution in [2.24, 2.45) is 5.92 Å². The maximum absolute atomic E-state index is 13.6. The van der Waals surface area contributed by atoms with Gasteiger partial charge in [0.05, 0.1) is 11.7 Å². The maximum atomic E-state index is 13.6. The van der Waals surface area contributed by atoms with Crippen molar-refractivity contribution in [1.29, 1.82) is 0 Å². The second-order valence-corrected chi connectivity index (χ2v) is 11.9. The Labute approximate surface area is 226 Å². The number of fused-ring (bicyclic) bond motifs is 3. The van der Waals surface area contributed by atoms with Crippen LogP contribution in [0.2, 0.25) is 0 Å². The number of ether oxygens (including phenoxy) is 1. The Morgan fingerprint density at radius 3 is 2.56 bits per heavy atom. The van der Waals surface area contributed by atoms with E-state index in [2.05, 4.69) is 16.9 Å². The molecule has 3 atom stereocenters. The van der Waals surface area contributed by atoms with E-state index in [-0.39, 0.29) is 24.5 Å². The quantitative estimate of drug-likeness (QED) is 0.275. The molecule has 0 spiro atoms. The number of aromatic nitrogens is 4. The van der Waals surface area contributed by atoms with Crippen molar-refractivity contribution in [3.63, 3.8) is 0 Å². The van der Waals surface area contributed by atoms with Gasteiger partial charge in [0.2, 0.25) is 0 Å². The Morgan fingerprint density at radius 2 is 1.82 bits per heavy atom. The van der Waals surface area contributed by atoms with Crippen molar-refractivity contribution in [2.45, 2.75) is 37.7 Å². The van der Waals surface area contributed by atoms with Gasteiger partial charge in [0, 0.05) is 37.1 Å². The molecular formula is C29H30N5O4S+. The number of hydrogen-bond acceptors (Lipinski definition) is 5. The van der Waals surface area contributed by atoms with Crippen LogP contribution in [0.1, 0.15) is 36.1 Å². The van der Waals surface area contributed by atoms with E-state index in [1.165, 1.54) is 3.97 Å². The minimum absolute atomic E-state index is 0.0267. The lowest BCUT2D eigenvalue weighted by Crippen LogP contribution is -2.29. The zero-order valence-corrected chi connectivity index (χ0v) is 22.6. The first-order valence-electron chi connectivity index (χ1n) is 13.0. The fourth-order valence-electron chi connectivity index (χ4n) is 5.42. The number of nitrogens with zero attached hydrogens (tertiary/aromatic N) is 5. The fourth-order valence-corrected chi connectivity index (χ4v) is 6.74. The molecule has 1 fully saturated rings. The van der Waals surface area contributed by atoms with Gasteiger partial charge in [-0.05, 0) is 36.6 Å². The van der Waals surface area contributed by atoms with Gasteiger partial charge in [-0.3, -0.25) is 4.40 Å². The normalized spacial score (nSPS) is 19.0. The van der Waals surface area contributed by atoms with Gasteiger partial charge in [-0.15, -0.1) is 0 Å². The molecule has 0 aliphatic carbocycles. The zero-order chi connectivity index (χ0) is 27.1. The third-order valence-electron chi connectivity index (χ3n) is 7.57.